The molecule has 6 nitrogen and oxygen atoms in total. The topological polar surface area (TPSA) is 64.1 Å². The lowest BCUT2D eigenvalue weighted by atomic mass is 9.85. The summed E-state index contributed by atoms with van der Waals surface area (Å²) in [6, 6.07) is 8.01. The quantitative estimate of drug-likeness (QED) is 0.837. The van der Waals surface area contributed by atoms with Gasteiger partial charge in [-0.2, -0.15) is 0 Å². The predicted octanol–water partition coefficient (Wildman–Crippen LogP) is 3.25. The number of fused-ring (bicyclic) bond motifs is 2. The monoisotopic (exact) mass is 396 g/mol. The molecule has 0 radical (unpaired) electrons. The van der Waals surface area contributed by atoms with Crippen molar-refractivity contribution in [1.29, 1.82) is 0 Å². The summed E-state index contributed by atoms with van der Waals surface area (Å²) in [6.45, 7) is 7.50. The molecule has 29 heavy (non-hydrogen) atoms. The third kappa shape index (κ3) is 3.24. The molecule has 1 aromatic heterocycles. The van der Waals surface area contributed by atoms with Gasteiger partial charge in [-0.05, 0) is 50.3 Å². The third-order valence-corrected chi connectivity index (χ3v) is 6.63. The number of benzene rings is 1. The van der Waals surface area contributed by atoms with Crippen LogP contribution < -0.4 is 14.2 Å². The van der Waals surface area contributed by atoms with Gasteiger partial charge in [-0.1, -0.05) is 6.07 Å². The average molecular weight is 396 g/mol. The van der Waals surface area contributed by atoms with Crippen molar-refractivity contribution in [2.24, 2.45) is 11.8 Å². The fourth-order valence-corrected chi connectivity index (χ4v) is 5.18. The standard InChI is InChI=1S/C23H28N2O4/c1-3-27-19-9-21-20(28-14-29-21)8-17(19)12-25-11-16-6-7-23(26,18(16)13-25)22-5-4-15(2)10-24-22/h4-5,8-10,16,18,26H,3,6-7,11-14H2,1-2H3/t16-,18+,23-/m0/s1. The van der Waals surface area contributed by atoms with Gasteiger partial charge in [-0.25, -0.2) is 0 Å². The highest BCUT2D eigenvalue weighted by Crippen LogP contribution is 2.50. The Morgan fingerprint density at radius 3 is 2.83 bits per heavy atom. The van der Waals surface area contributed by atoms with Gasteiger partial charge in [0.2, 0.25) is 6.79 Å². The van der Waals surface area contributed by atoms with Crippen LogP contribution in [0.15, 0.2) is 30.5 Å². The molecule has 1 aliphatic carbocycles. The molecule has 1 saturated heterocycles. The normalized spacial score (nSPS) is 28.0. The first-order valence-electron chi connectivity index (χ1n) is 10.5. The average Bonchev–Trinajstić information content (AvgIpc) is 3.40. The predicted molar refractivity (Wildman–Crippen MR) is 108 cm³/mol. The number of pyridine rings is 1. The van der Waals surface area contributed by atoms with Crippen LogP contribution in [0.1, 0.15) is 36.6 Å². The van der Waals surface area contributed by atoms with Gasteiger partial charge in [-0.3, -0.25) is 9.88 Å². The van der Waals surface area contributed by atoms with Crippen LogP contribution in [-0.4, -0.2) is 41.5 Å². The van der Waals surface area contributed by atoms with Gasteiger partial charge in [-0.15, -0.1) is 0 Å². The maximum absolute atomic E-state index is 11.5. The number of rotatable bonds is 5. The van der Waals surface area contributed by atoms with Gasteiger partial charge in [0, 0.05) is 43.4 Å². The van der Waals surface area contributed by atoms with Crippen molar-refractivity contribution in [3.63, 3.8) is 0 Å². The molecule has 1 aromatic carbocycles. The van der Waals surface area contributed by atoms with Crippen LogP contribution in [-0.2, 0) is 12.1 Å². The van der Waals surface area contributed by atoms with Crippen molar-refractivity contribution in [2.45, 2.75) is 38.8 Å². The highest BCUT2D eigenvalue weighted by molar-refractivity contribution is 5.52. The molecule has 2 aliphatic heterocycles. The van der Waals surface area contributed by atoms with E-state index in [-0.39, 0.29) is 12.7 Å². The first kappa shape index (κ1) is 18.7. The second-order valence-electron chi connectivity index (χ2n) is 8.49. The Kier molecular flexibility index (Phi) is 4.63. The SMILES string of the molecule is CCOc1cc2c(cc1CN1C[C@@H]3CC[C@@](O)(c4ccc(C)cn4)[C@@H]3C1)OCO2. The number of ether oxygens (including phenoxy) is 3. The smallest absolute Gasteiger partial charge is 0.231 e. The zero-order valence-electron chi connectivity index (χ0n) is 17.1. The van der Waals surface area contributed by atoms with E-state index in [1.165, 1.54) is 0 Å². The van der Waals surface area contributed by atoms with E-state index in [2.05, 4.69) is 9.88 Å². The number of aliphatic hydroxyl groups is 1. The Bertz CT molecular complexity index is 900. The molecular weight excluding hydrogens is 368 g/mol. The molecule has 154 valence electrons. The van der Waals surface area contributed by atoms with Gasteiger partial charge >= 0.3 is 0 Å². The van der Waals surface area contributed by atoms with E-state index in [1.54, 1.807) is 0 Å². The number of aromatic nitrogens is 1. The van der Waals surface area contributed by atoms with E-state index in [9.17, 15) is 5.11 Å². The highest BCUT2D eigenvalue weighted by Gasteiger charge is 2.53. The van der Waals surface area contributed by atoms with Gasteiger partial charge < -0.3 is 19.3 Å². The lowest BCUT2D eigenvalue weighted by Gasteiger charge is -2.30. The van der Waals surface area contributed by atoms with Crippen molar-refractivity contribution in [2.75, 3.05) is 26.5 Å². The summed E-state index contributed by atoms with van der Waals surface area (Å²) >= 11 is 0. The minimum absolute atomic E-state index is 0.210. The minimum Gasteiger partial charge on any atom is -0.493 e. The van der Waals surface area contributed by atoms with Crippen molar-refractivity contribution in [1.82, 2.24) is 9.88 Å². The van der Waals surface area contributed by atoms with Crippen LogP contribution in [0.25, 0.3) is 0 Å². The van der Waals surface area contributed by atoms with Crippen LogP contribution in [0, 0.1) is 18.8 Å². The molecule has 0 amide bonds. The maximum Gasteiger partial charge on any atom is 0.231 e. The van der Waals surface area contributed by atoms with E-state index in [0.29, 0.717) is 12.5 Å². The number of aryl methyl sites for hydroxylation is 1. The molecule has 3 aliphatic rings. The molecule has 3 atom stereocenters. The maximum atomic E-state index is 11.5. The van der Waals surface area contributed by atoms with E-state index in [0.717, 1.165) is 66.5 Å². The lowest BCUT2D eigenvalue weighted by Crippen LogP contribution is -2.35. The lowest BCUT2D eigenvalue weighted by molar-refractivity contribution is -0.0108. The largest absolute Gasteiger partial charge is 0.493 e. The number of nitrogens with zero attached hydrogens (tertiary/aromatic N) is 2. The molecule has 1 saturated carbocycles. The molecule has 5 rings (SSSR count). The molecule has 6 heteroatoms. The van der Waals surface area contributed by atoms with Crippen LogP contribution in [0.3, 0.4) is 0 Å². The van der Waals surface area contributed by atoms with E-state index >= 15 is 0 Å². The van der Waals surface area contributed by atoms with Crippen molar-refractivity contribution < 1.29 is 19.3 Å². The molecule has 1 N–H and O–H groups in total. The molecule has 3 heterocycles. The number of hydrogen-bond acceptors (Lipinski definition) is 6. The summed E-state index contributed by atoms with van der Waals surface area (Å²) in [4.78, 5) is 6.98. The van der Waals surface area contributed by atoms with Gasteiger partial charge in [0.25, 0.3) is 0 Å². The molecule has 0 unspecified atom stereocenters. The number of likely N-dealkylation sites (tertiary alicyclic amines) is 1. The summed E-state index contributed by atoms with van der Waals surface area (Å²) in [5, 5.41) is 11.5. The Balaban J connectivity index is 1.36. The Morgan fingerprint density at radius 1 is 1.24 bits per heavy atom. The Hall–Kier alpha value is -2.31. The Morgan fingerprint density at radius 2 is 2.07 bits per heavy atom. The van der Waals surface area contributed by atoms with Crippen molar-refractivity contribution >= 4 is 0 Å². The third-order valence-electron chi connectivity index (χ3n) is 6.63. The van der Waals surface area contributed by atoms with Crippen LogP contribution in [0.5, 0.6) is 17.2 Å². The van der Waals surface area contributed by atoms with E-state index in [1.807, 2.05) is 44.3 Å². The van der Waals surface area contributed by atoms with Gasteiger partial charge in [0.15, 0.2) is 11.5 Å². The van der Waals surface area contributed by atoms with Crippen LogP contribution in [0.2, 0.25) is 0 Å². The second kappa shape index (κ2) is 7.18. The van der Waals surface area contributed by atoms with Crippen molar-refractivity contribution in [3.05, 3.63) is 47.3 Å². The fraction of sp³-hybridized carbons (Fsp3) is 0.522. The summed E-state index contributed by atoms with van der Waals surface area (Å²) < 4.78 is 16.9. The Labute approximate surface area is 171 Å². The van der Waals surface area contributed by atoms with Gasteiger partial charge in [0.1, 0.15) is 11.4 Å². The van der Waals surface area contributed by atoms with Gasteiger partial charge in [0.05, 0.1) is 12.3 Å². The highest BCUT2D eigenvalue weighted by atomic mass is 16.7. The van der Waals surface area contributed by atoms with E-state index < -0.39 is 5.60 Å². The first-order valence-corrected chi connectivity index (χ1v) is 10.5. The molecule has 0 spiro atoms. The second-order valence-corrected chi connectivity index (χ2v) is 8.49. The van der Waals surface area contributed by atoms with Crippen LogP contribution in [0.4, 0.5) is 0 Å². The summed E-state index contributed by atoms with van der Waals surface area (Å²) in [7, 11) is 0. The molecule has 0 bridgehead atoms. The van der Waals surface area contributed by atoms with E-state index in [4.69, 9.17) is 14.2 Å². The molecule has 2 aromatic rings. The molecule has 2 fully saturated rings. The van der Waals surface area contributed by atoms with Crippen molar-refractivity contribution in [3.8, 4) is 17.2 Å². The zero-order valence-corrected chi connectivity index (χ0v) is 17.1. The zero-order chi connectivity index (χ0) is 20.0. The summed E-state index contributed by atoms with van der Waals surface area (Å²) in [5.74, 6) is 3.08. The first-order chi connectivity index (χ1) is 14.1. The summed E-state index contributed by atoms with van der Waals surface area (Å²) in [6.07, 6.45) is 3.68. The van der Waals surface area contributed by atoms with Crippen LogP contribution >= 0.6 is 0 Å². The summed E-state index contributed by atoms with van der Waals surface area (Å²) in [5.41, 5.74) is 2.21. The fourth-order valence-electron chi connectivity index (χ4n) is 5.18. The number of hydrogen-bond donors (Lipinski definition) is 1. The minimum atomic E-state index is -0.829. The molecular formula is C23H28N2O4.